The minimum atomic E-state index is -0.401. The standard InChI is InChI=1S/C10H11FO3S/c1-14-10(13)6-15-9-3-2-8(11)4-7(9)5-12/h2-4,12H,5-6H2,1H3. The van der Waals surface area contributed by atoms with Gasteiger partial charge in [0.2, 0.25) is 0 Å². The molecule has 3 nitrogen and oxygen atoms in total. The second-order valence-corrected chi connectivity index (χ2v) is 3.79. The lowest BCUT2D eigenvalue weighted by Crippen LogP contribution is -2.03. The number of thioether (sulfide) groups is 1. The Morgan fingerprint density at radius 1 is 1.60 bits per heavy atom. The van der Waals surface area contributed by atoms with Crippen LogP contribution in [-0.2, 0) is 16.1 Å². The third-order valence-electron chi connectivity index (χ3n) is 1.77. The van der Waals surface area contributed by atoms with Crippen LogP contribution < -0.4 is 0 Å². The summed E-state index contributed by atoms with van der Waals surface area (Å²) < 4.78 is 17.3. The Morgan fingerprint density at radius 3 is 2.93 bits per heavy atom. The second kappa shape index (κ2) is 5.72. The Kier molecular flexibility index (Phi) is 4.58. The Labute approximate surface area is 91.2 Å². The van der Waals surface area contributed by atoms with E-state index in [9.17, 15) is 9.18 Å². The van der Waals surface area contributed by atoms with Crippen molar-refractivity contribution >= 4 is 17.7 Å². The lowest BCUT2D eigenvalue weighted by atomic mass is 10.2. The highest BCUT2D eigenvalue weighted by molar-refractivity contribution is 8.00. The van der Waals surface area contributed by atoms with Gasteiger partial charge in [0.05, 0.1) is 19.5 Å². The fourth-order valence-corrected chi connectivity index (χ4v) is 1.87. The normalized spacial score (nSPS) is 10.1. The topological polar surface area (TPSA) is 46.5 Å². The van der Waals surface area contributed by atoms with Crippen LogP contribution >= 0.6 is 11.8 Å². The second-order valence-electron chi connectivity index (χ2n) is 2.77. The predicted molar refractivity (Wildman–Crippen MR) is 55.1 cm³/mol. The molecular weight excluding hydrogens is 219 g/mol. The highest BCUT2D eigenvalue weighted by atomic mass is 32.2. The van der Waals surface area contributed by atoms with E-state index in [1.165, 1.54) is 37.1 Å². The summed E-state index contributed by atoms with van der Waals surface area (Å²) in [7, 11) is 1.31. The molecule has 82 valence electrons. The average Bonchev–Trinajstić information content (AvgIpc) is 2.26. The highest BCUT2D eigenvalue weighted by Crippen LogP contribution is 2.23. The van der Waals surface area contributed by atoms with E-state index in [-0.39, 0.29) is 18.3 Å². The summed E-state index contributed by atoms with van der Waals surface area (Å²) in [5.74, 6) is -0.607. The maximum Gasteiger partial charge on any atom is 0.315 e. The molecular formula is C10H11FO3S. The van der Waals surface area contributed by atoms with Crippen molar-refractivity contribution in [3.8, 4) is 0 Å². The molecule has 15 heavy (non-hydrogen) atoms. The molecule has 0 heterocycles. The Hall–Kier alpha value is -1.07. The molecule has 1 aromatic rings. The third kappa shape index (κ3) is 3.53. The van der Waals surface area contributed by atoms with Crippen LogP contribution in [0.3, 0.4) is 0 Å². The number of hydrogen-bond acceptors (Lipinski definition) is 4. The highest BCUT2D eigenvalue weighted by Gasteiger charge is 2.07. The van der Waals surface area contributed by atoms with Gasteiger partial charge in [-0.15, -0.1) is 11.8 Å². The first kappa shape index (κ1) is 12.0. The smallest absolute Gasteiger partial charge is 0.315 e. The van der Waals surface area contributed by atoms with Crippen molar-refractivity contribution in [1.29, 1.82) is 0 Å². The molecule has 1 aromatic carbocycles. The molecule has 0 aliphatic carbocycles. The van der Waals surface area contributed by atoms with Gasteiger partial charge in [-0.1, -0.05) is 0 Å². The van der Waals surface area contributed by atoms with Gasteiger partial charge in [-0.25, -0.2) is 4.39 Å². The van der Waals surface area contributed by atoms with Gasteiger partial charge in [0.25, 0.3) is 0 Å². The zero-order valence-electron chi connectivity index (χ0n) is 8.20. The van der Waals surface area contributed by atoms with E-state index in [4.69, 9.17) is 5.11 Å². The number of esters is 1. The molecule has 0 bridgehead atoms. The van der Waals surface area contributed by atoms with Crippen molar-refractivity contribution in [2.24, 2.45) is 0 Å². The molecule has 0 aliphatic heterocycles. The lowest BCUT2D eigenvalue weighted by molar-refractivity contribution is -0.137. The Bertz CT molecular complexity index is 355. The van der Waals surface area contributed by atoms with E-state index in [1.54, 1.807) is 0 Å². The largest absolute Gasteiger partial charge is 0.468 e. The molecule has 1 rings (SSSR count). The zero-order chi connectivity index (χ0) is 11.3. The first-order chi connectivity index (χ1) is 7.17. The molecule has 0 atom stereocenters. The van der Waals surface area contributed by atoms with Crippen molar-refractivity contribution in [1.82, 2.24) is 0 Å². The number of benzene rings is 1. The van der Waals surface area contributed by atoms with Crippen LogP contribution in [0.15, 0.2) is 23.1 Å². The van der Waals surface area contributed by atoms with Crippen LogP contribution in [0.25, 0.3) is 0 Å². The van der Waals surface area contributed by atoms with E-state index >= 15 is 0 Å². The molecule has 0 radical (unpaired) electrons. The fraction of sp³-hybridized carbons (Fsp3) is 0.300. The zero-order valence-corrected chi connectivity index (χ0v) is 9.01. The number of aliphatic hydroxyl groups excluding tert-OH is 1. The van der Waals surface area contributed by atoms with Gasteiger partial charge in [-0.05, 0) is 23.8 Å². The SMILES string of the molecule is COC(=O)CSc1ccc(F)cc1CO. The van der Waals surface area contributed by atoms with Gasteiger partial charge in [-0.3, -0.25) is 4.79 Å². The van der Waals surface area contributed by atoms with Crippen molar-refractivity contribution in [2.45, 2.75) is 11.5 Å². The summed E-state index contributed by atoms with van der Waals surface area (Å²) in [5.41, 5.74) is 0.476. The van der Waals surface area contributed by atoms with Crippen LogP contribution in [0.1, 0.15) is 5.56 Å². The van der Waals surface area contributed by atoms with Crippen LogP contribution in [0.5, 0.6) is 0 Å². The number of carbonyl (C=O) groups excluding carboxylic acids is 1. The van der Waals surface area contributed by atoms with Crippen LogP contribution in [0.2, 0.25) is 0 Å². The molecule has 0 aliphatic rings. The predicted octanol–water partition coefficient (Wildman–Crippen LogP) is 1.58. The van der Waals surface area contributed by atoms with Gasteiger partial charge in [0, 0.05) is 4.90 Å². The number of hydrogen-bond donors (Lipinski definition) is 1. The minimum absolute atomic E-state index is 0.148. The van der Waals surface area contributed by atoms with Crippen LogP contribution in [0, 0.1) is 5.82 Å². The Balaban J connectivity index is 2.72. The van der Waals surface area contributed by atoms with E-state index in [2.05, 4.69) is 4.74 Å². The molecule has 1 N–H and O–H groups in total. The molecule has 0 aromatic heterocycles. The van der Waals surface area contributed by atoms with Gasteiger partial charge < -0.3 is 9.84 Å². The molecule has 0 spiro atoms. The molecule has 0 unspecified atom stereocenters. The van der Waals surface area contributed by atoms with E-state index in [0.717, 1.165) is 0 Å². The van der Waals surface area contributed by atoms with E-state index < -0.39 is 5.82 Å². The summed E-state index contributed by atoms with van der Waals surface area (Å²) in [6.07, 6.45) is 0. The molecule has 0 amide bonds. The molecule has 5 heteroatoms. The van der Waals surface area contributed by atoms with Crippen molar-refractivity contribution in [3.63, 3.8) is 0 Å². The van der Waals surface area contributed by atoms with Crippen LogP contribution in [-0.4, -0.2) is 23.9 Å². The molecule has 0 fully saturated rings. The Morgan fingerprint density at radius 2 is 2.33 bits per heavy atom. The number of methoxy groups -OCH3 is 1. The fourth-order valence-electron chi connectivity index (χ4n) is 1.01. The summed E-state index contributed by atoms with van der Waals surface area (Å²) in [4.78, 5) is 11.6. The minimum Gasteiger partial charge on any atom is -0.468 e. The number of ether oxygens (including phenoxy) is 1. The first-order valence-electron chi connectivity index (χ1n) is 4.26. The first-order valence-corrected chi connectivity index (χ1v) is 5.25. The number of aliphatic hydroxyl groups is 1. The van der Waals surface area contributed by atoms with E-state index in [0.29, 0.717) is 10.5 Å². The molecule has 0 saturated carbocycles. The summed E-state index contributed by atoms with van der Waals surface area (Å²) >= 11 is 1.21. The lowest BCUT2D eigenvalue weighted by Gasteiger charge is -2.06. The van der Waals surface area contributed by atoms with Crippen LogP contribution in [0.4, 0.5) is 4.39 Å². The van der Waals surface area contributed by atoms with E-state index in [1.807, 2.05) is 0 Å². The summed E-state index contributed by atoms with van der Waals surface area (Å²) in [5, 5.41) is 8.97. The number of rotatable bonds is 4. The quantitative estimate of drug-likeness (QED) is 0.630. The molecule has 0 saturated heterocycles. The monoisotopic (exact) mass is 230 g/mol. The van der Waals surface area contributed by atoms with Gasteiger partial charge in [-0.2, -0.15) is 0 Å². The average molecular weight is 230 g/mol. The number of halogens is 1. The van der Waals surface area contributed by atoms with Crippen molar-refractivity contribution < 1.29 is 19.0 Å². The van der Waals surface area contributed by atoms with Gasteiger partial charge in [0.15, 0.2) is 0 Å². The van der Waals surface area contributed by atoms with Gasteiger partial charge in [0.1, 0.15) is 5.82 Å². The summed E-state index contributed by atoms with van der Waals surface area (Å²) in [6.45, 7) is -0.249. The number of carbonyl (C=O) groups is 1. The van der Waals surface area contributed by atoms with Crippen molar-refractivity contribution in [3.05, 3.63) is 29.6 Å². The summed E-state index contributed by atoms with van der Waals surface area (Å²) in [6, 6.07) is 4.08. The third-order valence-corrected chi connectivity index (χ3v) is 2.86. The maximum atomic E-state index is 12.8. The van der Waals surface area contributed by atoms with Gasteiger partial charge >= 0.3 is 5.97 Å². The van der Waals surface area contributed by atoms with Crippen molar-refractivity contribution in [2.75, 3.05) is 12.9 Å². The maximum absolute atomic E-state index is 12.8.